The molecule has 1 amide bonds. The summed E-state index contributed by atoms with van der Waals surface area (Å²) in [6.45, 7) is 7.52. The van der Waals surface area contributed by atoms with E-state index in [4.69, 9.17) is 19.4 Å². The molecule has 5 aliphatic rings. The van der Waals surface area contributed by atoms with Gasteiger partial charge in [-0.15, -0.1) is 0 Å². The maximum atomic E-state index is 13.9. The van der Waals surface area contributed by atoms with Gasteiger partial charge in [0.1, 0.15) is 11.9 Å². The van der Waals surface area contributed by atoms with Crippen molar-refractivity contribution in [1.82, 2.24) is 25.1 Å². The van der Waals surface area contributed by atoms with E-state index in [0.29, 0.717) is 25.2 Å². The van der Waals surface area contributed by atoms with Crippen molar-refractivity contribution in [3.63, 3.8) is 0 Å². The Morgan fingerprint density at radius 3 is 2.51 bits per heavy atom. The van der Waals surface area contributed by atoms with Gasteiger partial charge in [-0.25, -0.2) is 4.98 Å². The van der Waals surface area contributed by atoms with Crippen LogP contribution in [0.15, 0.2) is 12.3 Å². The zero-order chi connectivity index (χ0) is 29.3. The van der Waals surface area contributed by atoms with Crippen LogP contribution in [0.25, 0.3) is 0 Å². The summed E-state index contributed by atoms with van der Waals surface area (Å²) >= 11 is 0. The second kappa shape index (κ2) is 15.8. The summed E-state index contributed by atoms with van der Waals surface area (Å²) in [5.41, 5.74) is 0. The normalized spacial score (nSPS) is 28.7. The van der Waals surface area contributed by atoms with E-state index in [0.717, 1.165) is 83.4 Å². The molecule has 0 aromatic carbocycles. The molecule has 0 radical (unpaired) electrons. The van der Waals surface area contributed by atoms with E-state index in [1.54, 1.807) is 0 Å². The third-order valence-corrected chi connectivity index (χ3v) is 10.5. The van der Waals surface area contributed by atoms with Crippen LogP contribution in [-0.2, 0) is 14.3 Å². The Morgan fingerprint density at radius 2 is 1.74 bits per heavy atom. The standard InChI is InChI=1S/C33H55N7O3/c41-32(30-25-34-17-24-43-30)40(27-14-22-42-23-15-27)21-13-29-28(11-8-20-39(29)26-9-4-3-5-10-26)36-33-35-16-12-31(37-33)38-18-6-1-2-7-19-38/h12,16,26-30,34H,1-11,13-15,17-25H2,(H,35,36,37)/t28-,29+,30?/m0/s1. The zero-order valence-electron chi connectivity index (χ0n) is 26.3. The molecular weight excluding hydrogens is 542 g/mol. The van der Waals surface area contributed by atoms with E-state index >= 15 is 0 Å². The van der Waals surface area contributed by atoms with Crippen LogP contribution in [0.3, 0.4) is 0 Å². The number of hydrogen-bond donors (Lipinski definition) is 2. The van der Waals surface area contributed by atoms with Crippen molar-refractivity contribution < 1.29 is 14.3 Å². The minimum atomic E-state index is -0.388. The minimum absolute atomic E-state index is 0.150. The monoisotopic (exact) mass is 597 g/mol. The number of rotatable bonds is 9. The first-order valence-corrected chi connectivity index (χ1v) is 17.6. The van der Waals surface area contributed by atoms with Gasteiger partial charge in [0.05, 0.1) is 6.61 Å². The number of carbonyl (C=O) groups is 1. The number of anilines is 2. The molecule has 4 saturated heterocycles. The minimum Gasteiger partial charge on any atom is -0.381 e. The molecule has 5 heterocycles. The lowest BCUT2D eigenvalue weighted by Crippen LogP contribution is -2.58. The lowest BCUT2D eigenvalue weighted by atomic mass is 9.87. The molecule has 5 fully saturated rings. The summed E-state index contributed by atoms with van der Waals surface area (Å²) < 4.78 is 11.7. The van der Waals surface area contributed by atoms with Crippen molar-refractivity contribution in [1.29, 1.82) is 0 Å². The summed E-state index contributed by atoms with van der Waals surface area (Å²) in [4.78, 5) is 31.1. The van der Waals surface area contributed by atoms with E-state index in [1.165, 1.54) is 64.2 Å². The maximum Gasteiger partial charge on any atom is 0.253 e. The van der Waals surface area contributed by atoms with Gasteiger partial charge in [-0.2, -0.15) is 4.98 Å². The van der Waals surface area contributed by atoms with Gasteiger partial charge in [0.2, 0.25) is 5.95 Å². The van der Waals surface area contributed by atoms with Gasteiger partial charge >= 0.3 is 0 Å². The maximum absolute atomic E-state index is 13.9. The van der Waals surface area contributed by atoms with Crippen molar-refractivity contribution in [2.75, 3.05) is 69.3 Å². The van der Waals surface area contributed by atoms with Crippen molar-refractivity contribution in [3.05, 3.63) is 12.3 Å². The van der Waals surface area contributed by atoms with E-state index < -0.39 is 0 Å². The van der Waals surface area contributed by atoms with Crippen LogP contribution in [0.2, 0.25) is 0 Å². The molecule has 1 aromatic heterocycles. The molecule has 10 nitrogen and oxygen atoms in total. The molecule has 1 unspecified atom stereocenters. The molecule has 1 aromatic rings. The highest BCUT2D eigenvalue weighted by Crippen LogP contribution is 2.32. The largest absolute Gasteiger partial charge is 0.381 e. The number of nitrogens with one attached hydrogen (secondary N) is 2. The number of aromatic nitrogens is 2. The molecule has 4 aliphatic heterocycles. The lowest BCUT2D eigenvalue weighted by Gasteiger charge is -2.48. The van der Waals surface area contributed by atoms with Crippen molar-refractivity contribution in [2.45, 2.75) is 120 Å². The fraction of sp³-hybridized carbons (Fsp3) is 0.848. The summed E-state index contributed by atoms with van der Waals surface area (Å²) in [7, 11) is 0. The molecular formula is C33H55N7O3. The molecule has 6 rings (SSSR count). The van der Waals surface area contributed by atoms with E-state index in [9.17, 15) is 4.79 Å². The summed E-state index contributed by atoms with van der Waals surface area (Å²) in [5, 5.41) is 7.20. The molecule has 2 N–H and O–H groups in total. The topological polar surface area (TPSA) is 95.1 Å². The Morgan fingerprint density at radius 1 is 0.953 bits per heavy atom. The first-order valence-electron chi connectivity index (χ1n) is 17.6. The Labute approximate surface area is 258 Å². The smallest absolute Gasteiger partial charge is 0.253 e. The first-order chi connectivity index (χ1) is 21.3. The molecule has 1 saturated carbocycles. The quantitative estimate of drug-likeness (QED) is 0.441. The van der Waals surface area contributed by atoms with Crippen LogP contribution in [0.5, 0.6) is 0 Å². The predicted molar refractivity (Wildman–Crippen MR) is 170 cm³/mol. The molecule has 43 heavy (non-hydrogen) atoms. The number of likely N-dealkylation sites (tertiary alicyclic amines) is 1. The summed E-state index contributed by atoms with van der Waals surface area (Å²) in [5.74, 6) is 1.95. The number of hydrogen-bond acceptors (Lipinski definition) is 9. The molecule has 240 valence electrons. The average molecular weight is 598 g/mol. The predicted octanol–water partition coefficient (Wildman–Crippen LogP) is 3.82. The van der Waals surface area contributed by atoms with Gasteiger partial charge in [-0.3, -0.25) is 9.69 Å². The van der Waals surface area contributed by atoms with Crippen molar-refractivity contribution >= 4 is 17.7 Å². The summed E-state index contributed by atoms with van der Waals surface area (Å²) in [6, 6.07) is 3.52. The molecule has 1 aliphatic carbocycles. The number of amides is 1. The second-order valence-electron chi connectivity index (χ2n) is 13.4. The number of nitrogens with zero attached hydrogens (tertiary/aromatic N) is 5. The number of piperidine rings is 1. The van der Waals surface area contributed by atoms with Gasteiger partial charge in [0.25, 0.3) is 5.91 Å². The van der Waals surface area contributed by atoms with E-state index in [2.05, 4.69) is 31.4 Å². The summed E-state index contributed by atoms with van der Waals surface area (Å²) in [6.07, 6.45) is 18.2. The first kappa shape index (κ1) is 31.0. The third-order valence-electron chi connectivity index (χ3n) is 10.5. The van der Waals surface area contributed by atoms with Crippen LogP contribution in [-0.4, -0.2) is 115 Å². The van der Waals surface area contributed by atoms with Crippen LogP contribution < -0.4 is 15.5 Å². The fourth-order valence-electron chi connectivity index (χ4n) is 8.19. The Bertz CT molecular complexity index is 988. The Balaban J connectivity index is 1.20. The van der Waals surface area contributed by atoms with Crippen molar-refractivity contribution in [2.24, 2.45) is 0 Å². The van der Waals surface area contributed by atoms with Gasteiger partial charge in [0.15, 0.2) is 0 Å². The molecule has 0 bridgehead atoms. The Kier molecular flexibility index (Phi) is 11.4. The third kappa shape index (κ3) is 8.18. The number of morpholine rings is 1. The van der Waals surface area contributed by atoms with Gasteiger partial charge in [-0.05, 0) is 70.4 Å². The SMILES string of the molecule is O=C(C1CNCCO1)N(CC[C@@H]1[C@@H](Nc2nccc(N3CCCCCC3)n2)CCCN1C1CCCCC1)C1CCOCC1. The van der Waals surface area contributed by atoms with Crippen LogP contribution >= 0.6 is 0 Å². The Hall–Kier alpha value is -2.01. The van der Waals surface area contributed by atoms with E-state index in [-0.39, 0.29) is 24.1 Å². The molecule has 3 atom stereocenters. The average Bonchev–Trinajstić information content (AvgIpc) is 3.37. The number of ether oxygens (including phenoxy) is 2. The highest BCUT2D eigenvalue weighted by atomic mass is 16.5. The van der Waals surface area contributed by atoms with E-state index in [1.807, 2.05) is 6.20 Å². The highest BCUT2D eigenvalue weighted by Gasteiger charge is 2.38. The highest BCUT2D eigenvalue weighted by molar-refractivity contribution is 5.81. The van der Waals surface area contributed by atoms with Gasteiger partial charge in [-0.1, -0.05) is 32.1 Å². The van der Waals surface area contributed by atoms with Crippen LogP contribution in [0, 0.1) is 0 Å². The zero-order valence-corrected chi connectivity index (χ0v) is 26.3. The van der Waals surface area contributed by atoms with Gasteiger partial charge in [0, 0.05) is 76.3 Å². The second-order valence-corrected chi connectivity index (χ2v) is 13.4. The number of carbonyl (C=O) groups excluding carboxylic acids is 1. The van der Waals surface area contributed by atoms with Gasteiger partial charge < -0.3 is 29.9 Å². The van der Waals surface area contributed by atoms with Crippen molar-refractivity contribution in [3.8, 4) is 0 Å². The van der Waals surface area contributed by atoms with Crippen LogP contribution in [0.4, 0.5) is 11.8 Å². The molecule has 0 spiro atoms. The molecule has 10 heteroatoms. The lowest BCUT2D eigenvalue weighted by molar-refractivity contribution is -0.150. The van der Waals surface area contributed by atoms with Crippen LogP contribution in [0.1, 0.15) is 89.9 Å². The fourth-order valence-corrected chi connectivity index (χ4v) is 8.19.